The fourth-order valence-corrected chi connectivity index (χ4v) is 3.72. The van der Waals surface area contributed by atoms with Crippen molar-refractivity contribution in [3.8, 4) is 0 Å². The SMILES string of the molecule is Cc1cccc2oc(S(=O)(=O)Nc3cccs3)cc12. The Bertz CT molecular complexity index is 817. The third-order valence-electron chi connectivity index (χ3n) is 2.78. The van der Waals surface area contributed by atoms with Crippen LogP contribution < -0.4 is 4.72 Å². The van der Waals surface area contributed by atoms with E-state index in [1.54, 1.807) is 29.6 Å². The van der Waals surface area contributed by atoms with Crippen LogP contribution in [0.15, 0.2) is 51.3 Å². The summed E-state index contributed by atoms with van der Waals surface area (Å²) in [6, 6.07) is 10.6. The molecule has 1 N–H and O–H groups in total. The molecule has 4 nitrogen and oxygen atoms in total. The summed E-state index contributed by atoms with van der Waals surface area (Å²) < 4.78 is 32.3. The van der Waals surface area contributed by atoms with Gasteiger partial charge in [0.25, 0.3) is 10.0 Å². The molecular weight excluding hydrogens is 282 g/mol. The maximum absolute atomic E-state index is 12.2. The minimum absolute atomic E-state index is 0.0646. The van der Waals surface area contributed by atoms with Crippen molar-refractivity contribution in [2.75, 3.05) is 4.72 Å². The van der Waals surface area contributed by atoms with Crippen LogP contribution in [0.2, 0.25) is 0 Å². The number of rotatable bonds is 3. The lowest BCUT2D eigenvalue weighted by Gasteiger charge is -2.01. The highest BCUT2D eigenvalue weighted by Gasteiger charge is 2.20. The van der Waals surface area contributed by atoms with Gasteiger partial charge in [-0.3, -0.25) is 4.72 Å². The Morgan fingerprint density at radius 3 is 2.74 bits per heavy atom. The van der Waals surface area contributed by atoms with Gasteiger partial charge in [0.05, 0.1) is 0 Å². The fraction of sp³-hybridized carbons (Fsp3) is 0.0769. The first-order chi connectivity index (χ1) is 9.06. The second-order valence-corrected chi connectivity index (χ2v) is 6.70. The molecule has 2 aromatic heterocycles. The lowest BCUT2D eigenvalue weighted by molar-refractivity contribution is 0.484. The van der Waals surface area contributed by atoms with Crippen molar-refractivity contribution in [1.29, 1.82) is 0 Å². The summed E-state index contributed by atoms with van der Waals surface area (Å²) in [5.74, 6) is 0. The van der Waals surface area contributed by atoms with Gasteiger partial charge in [0.2, 0.25) is 5.09 Å². The van der Waals surface area contributed by atoms with Crippen LogP contribution in [0.4, 0.5) is 5.00 Å². The molecule has 2 heterocycles. The van der Waals surface area contributed by atoms with Gasteiger partial charge < -0.3 is 4.42 Å². The number of aryl methyl sites for hydroxylation is 1. The Kier molecular flexibility index (Phi) is 2.83. The predicted molar refractivity (Wildman–Crippen MR) is 76.1 cm³/mol. The molecular formula is C13H11NO3S2. The molecule has 0 spiro atoms. The number of thiophene rings is 1. The lowest BCUT2D eigenvalue weighted by atomic mass is 10.1. The molecule has 0 aliphatic heterocycles. The van der Waals surface area contributed by atoms with Gasteiger partial charge in [0.1, 0.15) is 10.6 Å². The van der Waals surface area contributed by atoms with E-state index in [9.17, 15) is 8.42 Å². The van der Waals surface area contributed by atoms with E-state index in [0.29, 0.717) is 10.6 Å². The van der Waals surface area contributed by atoms with Crippen LogP contribution in [0, 0.1) is 6.92 Å². The highest BCUT2D eigenvalue weighted by molar-refractivity contribution is 7.92. The van der Waals surface area contributed by atoms with Gasteiger partial charge in [-0.25, -0.2) is 0 Å². The molecule has 1 aromatic carbocycles. The molecule has 0 amide bonds. The zero-order valence-corrected chi connectivity index (χ0v) is 11.7. The van der Waals surface area contributed by atoms with Crippen molar-refractivity contribution in [1.82, 2.24) is 0 Å². The number of fused-ring (bicyclic) bond motifs is 1. The molecule has 0 radical (unpaired) electrons. The highest BCUT2D eigenvalue weighted by Crippen LogP contribution is 2.27. The third-order valence-corrected chi connectivity index (χ3v) is 4.91. The molecule has 0 fully saturated rings. The van der Waals surface area contributed by atoms with Crippen LogP contribution in [0.5, 0.6) is 0 Å². The second-order valence-electron chi connectivity index (χ2n) is 4.13. The summed E-state index contributed by atoms with van der Waals surface area (Å²) >= 11 is 1.32. The molecule has 0 saturated carbocycles. The lowest BCUT2D eigenvalue weighted by Crippen LogP contribution is -2.10. The average molecular weight is 293 g/mol. The third kappa shape index (κ3) is 2.24. The Labute approximate surface area is 114 Å². The molecule has 3 aromatic rings. The molecule has 0 unspecified atom stereocenters. The molecule has 6 heteroatoms. The van der Waals surface area contributed by atoms with E-state index in [0.717, 1.165) is 10.9 Å². The van der Waals surface area contributed by atoms with E-state index in [-0.39, 0.29) is 5.09 Å². The van der Waals surface area contributed by atoms with E-state index in [1.165, 1.54) is 11.3 Å². The van der Waals surface area contributed by atoms with Crippen LogP contribution in [-0.2, 0) is 10.0 Å². The van der Waals surface area contributed by atoms with E-state index in [2.05, 4.69) is 4.72 Å². The number of hydrogen-bond donors (Lipinski definition) is 1. The fourth-order valence-electron chi connectivity index (χ4n) is 1.84. The summed E-state index contributed by atoms with van der Waals surface area (Å²) in [5, 5.41) is 3.12. The number of benzene rings is 1. The Morgan fingerprint density at radius 2 is 2.05 bits per heavy atom. The standard InChI is InChI=1S/C13H11NO3S2/c1-9-4-2-5-11-10(9)8-13(17-11)19(15,16)14-12-6-3-7-18-12/h2-8,14H,1H3. The molecule has 0 bridgehead atoms. The van der Waals surface area contributed by atoms with Crippen molar-refractivity contribution in [2.45, 2.75) is 12.0 Å². The Balaban J connectivity index is 2.06. The molecule has 98 valence electrons. The number of hydrogen-bond acceptors (Lipinski definition) is 4. The number of sulfonamides is 1. The average Bonchev–Trinajstić information content (AvgIpc) is 2.97. The van der Waals surface area contributed by atoms with Crippen molar-refractivity contribution in [3.63, 3.8) is 0 Å². The number of anilines is 1. The predicted octanol–water partition coefficient (Wildman–Crippen LogP) is 3.60. The number of nitrogens with one attached hydrogen (secondary N) is 1. The topological polar surface area (TPSA) is 59.3 Å². The van der Waals surface area contributed by atoms with E-state index in [1.807, 2.05) is 19.1 Å². The Morgan fingerprint density at radius 1 is 1.21 bits per heavy atom. The van der Waals surface area contributed by atoms with Gasteiger partial charge in [-0.2, -0.15) is 8.42 Å². The molecule has 19 heavy (non-hydrogen) atoms. The zero-order chi connectivity index (χ0) is 13.5. The van der Waals surface area contributed by atoms with Crippen LogP contribution in [0.25, 0.3) is 11.0 Å². The van der Waals surface area contributed by atoms with Crippen LogP contribution in [0.1, 0.15) is 5.56 Å². The minimum Gasteiger partial charge on any atom is -0.443 e. The first-order valence-electron chi connectivity index (χ1n) is 5.62. The summed E-state index contributed by atoms with van der Waals surface area (Å²) in [4.78, 5) is 0. The van der Waals surface area contributed by atoms with Gasteiger partial charge in [0.15, 0.2) is 0 Å². The quantitative estimate of drug-likeness (QED) is 0.802. The maximum Gasteiger partial charge on any atom is 0.296 e. The molecule has 0 aliphatic carbocycles. The van der Waals surface area contributed by atoms with E-state index >= 15 is 0 Å². The van der Waals surface area contributed by atoms with E-state index < -0.39 is 10.0 Å². The summed E-state index contributed by atoms with van der Waals surface area (Å²) in [6.45, 7) is 1.92. The highest BCUT2D eigenvalue weighted by atomic mass is 32.2. The smallest absolute Gasteiger partial charge is 0.296 e. The van der Waals surface area contributed by atoms with E-state index in [4.69, 9.17) is 4.42 Å². The monoisotopic (exact) mass is 293 g/mol. The summed E-state index contributed by atoms with van der Waals surface area (Å²) in [7, 11) is -3.67. The second kappa shape index (κ2) is 4.40. The minimum atomic E-state index is -3.67. The van der Waals surface area contributed by atoms with Gasteiger partial charge in [-0.15, -0.1) is 11.3 Å². The van der Waals surface area contributed by atoms with Crippen molar-refractivity contribution in [3.05, 3.63) is 47.3 Å². The Hall–Kier alpha value is -1.79. The van der Waals surface area contributed by atoms with Gasteiger partial charge in [0, 0.05) is 11.5 Å². The first kappa shape index (κ1) is 12.3. The largest absolute Gasteiger partial charge is 0.443 e. The molecule has 0 saturated heterocycles. The van der Waals surface area contributed by atoms with Crippen LogP contribution in [0.3, 0.4) is 0 Å². The maximum atomic E-state index is 12.2. The first-order valence-corrected chi connectivity index (χ1v) is 7.98. The van der Waals surface area contributed by atoms with Crippen LogP contribution >= 0.6 is 11.3 Å². The van der Waals surface area contributed by atoms with Crippen molar-refractivity contribution < 1.29 is 12.8 Å². The molecule has 0 atom stereocenters. The van der Waals surface area contributed by atoms with Gasteiger partial charge >= 0.3 is 0 Å². The number of furan rings is 1. The van der Waals surface area contributed by atoms with Crippen molar-refractivity contribution in [2.24, 2.45) is 0 Å². The van der Waals surface area contributed by atoms with Crippen molar-refractivity contribution >= 4 is 37.3 Å². The normalized spacial score (nSPS) is 11.8. The molecule has 0 aliphatic rings. The van der Waals surface area contributed by atoms with Gasteiger partial charge in [-0.1, -0.05) is 12.1 Å². The summed E-state index contributed by atoms with van der Waals surface area (Å²) in [5.41, 5.74) is 1.56. The molecule has 3 rings (SSSR count). The summed E-state index contributed by atoms with van der Waals surface area (Å²) in [6.07, 6.45) is 0. The van der Waals surface area contributed by atoms with Gasteiger partial charge in [-0.05, 0) is 36.1 Å². The zero-order valence-electron chi connectivity index (χ0n) is 10.1. The van der Waals surface area contributed by atoms with Crippen LogP contribution in [-0.4, -0.2) is 8.42 Å².